The zero-order valence-electron chi connectivity index (χ0n) is 9.85. The van der Waals surface area contributed by atoms with Crippen LogP contribution in [0.2, 0.25) is 0 Å². The van der Waals surface area contributed by atoms with Crippen molar-refractivity contribution in [3.05, 3.63) is 35.4 Å². The van der Waals surface area contributed by atoms with Gasteiger partial charge in [0, 0.05) is 5.56 Å². The van der Waals surface area contributed by atoms with Gasteiger partial charge in [-0.3, -0.25) is 4.79 Å². The molecule has 20 heavy (non-hydrogen) atoms. The monoisotopic (exact) mass is 279 g/mol. The maximum atomic E-state index is 12.0. The molecule has 0 heterocycles. The number of carbonyl (C=O) groups excluding carboxylic acids is 1. The van der Waals surface area contributed by atoms with Crippen LogP contribution in [-0.2, 0) is 9.59 Å². The second-order valence-corrected chi connectivity index (χ2v) is 3.80. The number of aliphatic hydroxyl groups is 2. The molecule has 0 aliphatic rings. The fraction of sp³-hybridized carbons (Fsp3) is 0.167. The van der Waals surface area contributed by atoms with Crippen molar-refractivity contribution in [2.45, 2.75) is 11.7 Å². The summed E-state index contributed by atoms with van der Waals surface area (Å²) in [7, 11) is 0. The normalized spacial score (nSPS) is 14.7. The molecular formula is C12H9NO7. The lowest BCUT2D eigenvalue weighted by atomic mass is 9.86. The topological polar surface area (TPSA) is 156 Å². The Balaban J connectivity index is 3.44. The Bertz CT molecular complexity index is 618. The smallest absolute Gasteiger partial charge is 0.347 e. The van der Waals surface area contributed by atoms with Crippen molar-refractivity contribution in [1.82, 2.24) is 0 Å². The fourth-order valence-corrected chi connectivity index (χ4v) is 1.50. The molecule has 0 aliphatic carbocycles. The summed E-state index contributed by atoms with van der Waals surface area (Å²) in [6.07, 6.45) is -2.88. The highest BCUT2D eigenvalue weighted by atomic mass is 16.4. The van der Waals surface area contributed by atoms with Crippen LogP contribution in [0, 0.1) is 11.3 Å². The number of ketones is 1. The molecule has 1 aromatic carbocycles. The van der Waals surface area contributed by atoms with Crippen LogP contribution in [0.25, 0.3) is 0 Å². The van der Waals surface area contributed by atoms with Crippen LogP contribution in [-0.4, -0.2) is 49.9 Å². The van der Waals surface area contributed by atoms with E-state index in [4.69, 9.17) is 15.5 Å². The molecule has 2 unspecified atom stereocenters. The van der Waals surface area contributed by atoms with E-state index in [0.29, 0.717) is 0 Å². The third-order valence-electron chi connectivity index (χ3n) is 2.59. The molecular weight excluding hydrogens is 270 g/mol. The van der Waals surface area contributed by atoms with Crippen LogP contribution in [0.15, 0.2) is 24.3 Å². The summed E-state index contributed by atoms with van der Waals surface area (Å²) in [6.45, 7) is 0. The lowest BCUT2D eigenvalue weighted by Crippen LogP contribution is -2.59. The Morgan fingerprint density at radius 1 is 1.20 bits per heavy atom. The molecule has 0 saturated heterocycles. The number of nitrogens with zero attached hydrogens (tertiary/aromatic N) is 1. The Labute approximate surface area is 112 Å². The zero-order valence-corrected chi connectivity index (χ0v) is 9.85. The summed E-state index contributed by atoms with van der Waals surface area (Å²) in [5.41, 5.74) is -4.34. The minimum Gasteiger partial charge on any atom is -0.479 e. The molecule has 0 amide bonds. The van der Waals surface area contributed by atoms with Crippen molar-refractivity contribution in [3.8, 4) is 6.07 Å². The van der Waals surface area contributed by atoms with Crippen molar-refractivity contribution in [2.24, 2.45) is 0 Å². The van der Waals surface area contributed by atoms with Gasteiger partial charge in [0.15, 0.2) is 6.10 Å². The Morgan fingerprint density at radius 3 is 2.20 bits per heavy atom. The summed E-state index contributed by atoms with van der Waals surface area (Å²) in [6, 6.07) is 6.52. The van der Waals surface area contributed by atoms with Crippen LogP contribution in [0.4, 0.5) is 0 Å². The van der Waals surface area contributed by atoms with E-state index in [1.54, 1.807) is 6.07 Å². The van der Waals surface area contributed by atoms with E-state index in [2.05, 4.69) is 0 Å². The summed E-state index contributed by atoms with van der Waals surface area (Å²) in [4.78, 5) is 33.7. The van der Waals surface area contributed by atoms with E-state index in [0.717, 1.165) is 6.07 Å². The van der Waals surface area contributed by atoms with Crippen LogP contribution in [0.5, 0.6) is 0 Å². The molecule has 0 fully saturated rings. The molecule has 104 valence electrons. The van der Waals surface area contributed by atoms with Crippen LogP contribution in [0.3, 0.4) is 0 Å². The molecule has 8 heteroatoms. The molecule has 1 rings (SSSR count). The number of rotatable bonds is 5. The van der Waals surface area contributed by atoms with Crippen molar-refractivity contribution >= 4 is 17.7 Å². The van der Waals surface area contributed by atoms with E-state index in [-0.39, 0.29) is 5.56 Å². The van der Waals surface area contributed by atoms with E-state index < -0.39 is 35.0 Å². The van der Waals surface area contributed by atoms with E-state index in [1.807, 2.05) is 0 Å². The SMILES string of the molecule is N#Cc1ccccc1C(=O)C(O)(C(=O)O)C(O)C(=O)O. The third-order valence-corrected chi connectivity index (χ3v) is 2.59. The standard InChI is InChI=1S/C12H9NO7/c13-5-6-3-1-2-4-7(6)8(14)12(20,11(18)19)9(15)10(16)17/h1-4,9,15,20H,(H,16,17)(H,18,19). The molecule has 2 atom stereocenters. The number of aliphatic hydroxyl groups excluding tert-OH is 1. The van der Waals surface area contributed by atoms with Gasteiger partial charge in [0.05, 0.1) is 11.6 Å². The number of carboxylic acid groups (broad SMARTS) is 2. The lowest BCUT2D eigenvalue weighted by molar-refractivity contribution is -0.175. The van der Waals surface area contributed by atoms with Crippen LogP contribution in [0.1, 0.15) is 15.9 Å². The number of aliphatic carboxylic acids is 2. The van der Waals surface area contributed by atoms with E-state index >= 15 is 0 Å². The maximum Gasteiger partial charge on any atom is 0.347 e. The quantitative estimate of drug-likeness (QED) is 0.395. The van der Waals surface area contributed by atoms with E-state index in [1.165, 1.54) is 18.2 Å². The van der Waals surface area contributed by atoms with Gasteiger partial charge >= 0.3 is 11.9 Å². The predicted molar refractivity (Wildman–Crippen MR) is 61.7 cm³/mol. The summed E-state index contributed by atoms with van der Waals surface area (Å²) < 4.78 is 0. The molecule has 4 N–H and O–H groups in total. The van der Waals surface area contributed by atoms with Gasteiger partial charge in [-0.1, -0.05) is 12.1 Å². The molecule has 8 nitrogen and oxygen atoms in total. The maximum absolute atomic E-state index is 12.0. The van der Waals surface area contributed by atoms with E-state index in [9.17, 15) is 24.6 Å². The predicted octanol–water partition coefficient (Wildman–Crippen LogP) is -0.998. The van der Waals surface area contributed by atoms with Crippen molar-refractivity contribution < 1.29 is 34.8 Å². The number of carbonyl (C=O) groups is 3. The van der Waals surface area contributed by atoms with Gasteiger partial charge in [0.25, 0.3) is 5.60 Å². The zero-order chi connectivity index (χ0) is 15.5. The van der Waals surface area contributed by atoms with Crippen LogP contribution >= 0.6 is 0 Å². The minimum atomic E-state index is -3.58. The highest BCUT2D eigenvalue weighted by Crippen LogP contribution is 2.21. The molecule has 0 spiro atoms. The average molecular weight is 279 g/mol. The first-order valence-electron chi connectivity index (χ1n) is 5.17. The molecule has 0 saturated carbocycles. The Kier molecular flexibility index (Phi) is 4.19. The average Bonchev–Trinajstić information content (AvgIpc) is 2.44. The summed E-state index contributed by atoms with van der Waals surface area (Å²) >= 11 is 0. The summed E-state index contributed by atoms with van der Waals surface area (Å²) in [5, 5.41) is 45.3. The number of benzene rings is 1. The second-order valence-electron chi connectivity index (χ2n) is 3.80. The minimum absolute atomic E-state index is 0.255. The Morgan fingerprint density at radius 2 is 1.75 bits per heavy atom. The molecule has 1 aromatic rings. The van der Waals surface area contributed by atoms with Gasteiger partial charge in [-0.05, 0) is 12.1 Å². The molecule has 0 radical (unpaired) electrons. The molecule has 0 bridgehead atoms. The number of hydrogen-bond donors (Lipinski definition) is 4. The lowest BCUT2D eigenvalue weighted by Gasteiger charge is -2.24. The fourth-order valence-electron chi connectivity index (χ4n) is 1.50. The third kappa shape index (κ3) is 2.35. The number of Topliss-reactive ketones (excluding diaryl/α,β-unsaturated/α-hetero) is 1. The number of hydrogen-bond acceptors (Lipinski definition) is 6. The summed E-state index contributed by atoms with van der Waals surface area (Å²) in [5.74, 6) is -5.90. The highest BCUT2D eigenvalue weighted by molar-refractivity contribution is 6.18. The first-order chi connectivity index (χ1) is 9.26. The molecule has 0 aliphatic heterocycles. The van der Waals surface area contributed by atoms with Gasteiger partial charge in [-0.15, -0.1) is 0 Å². The Hall–Kier alpha value is -2.76. The van der Waals surface area contributed by atoms with Crippen LogP contribution < -0.4 is 0 Å². The highest BCUT2D eigenvalue weighted by Gasteiger charge is 2.55. The van der Waals surface area contributed by atoms with Gasteiger partial charge in [0.1, 0.15) is 0 Å². The number of carboxylic acids is 2. The molecule has 0 aromatic heterocycles. The van der Waals surface area contributed by atoms with Crippen molar-refractivity contribution in [1.29, 1.82) is 5.26 Å². The first-order valence-corrected chi connectivity index (χ1v) is 5.17. The second kappa shape index (κ2) is 5.48. The number of nitriles is 1. The van der Waals surface area contributed by atoms with Crippen molar-refractivity contribution in [2.75, 3.05) is 0 Å². The van der Waals surface area contributed by atoms with Gasteiger partial charge in [-0.25, -0.2) is 9.59 Å². The van der Waals surface area contributed by atoms with Gasteiger partial charge < -0.3 is 20.4 Å². The first kappa shape index (κ1) is 15.3. The van der Waals surface area contributed by atoms with Crippen molar-refractivity contribution in [3.63, 3.8) is 0 Å². The van der Waals surface area contributed by atoms with Gasteiger partial charge in [-0.2, -0.15) is 5.26 Å². The largest absolute Gasteiger partial charge is 0.479 e. The van der Waals surface area contributed by atoms with Gasteiger partial charge in [0.2, 0.25) is 5.78 Å².